The lowest BCUT2D eigenvalue weighted by molar-refractivity contribution is 0.0594. The predicted molar refractivity (Wildman–Crippen MR) is 113 cm³/mol. The van der Waals surface area contributed by atoms with Crippen molar-refractivity contribution < 1.29 is 44.6 Å². The lowest BCUT2D eigenvalue weighted by Crippen LogP contribution is -2.50. The fourth-order valence-corrected chi connectivity index (χ4v) is 6.53. The highest BCUT2D eigenvalue weighted by Crippen LogP contribution is 2.33. The van der Waals surface area contributed by atoms with Gasteiger partial charge < -0.3 is 14.2 Å². The number of rotatable bonds is 5. The van der Waals surface area contributed by atoms with E-state index < -0.39 is 48.1 Å². The zero-order chi connectivity index (χ0) is 24.7. The van der Waals surface area contributed by atoms with Crippen LogP contribution in [0.15, 0.2) is 40.1 Å². The Kier molecular flexibility index (Phi) is 6.50. The number of sulfonamides is 2. The lowest BCUT2D eigenvalue weighted by atomic mass is 10.2. The maximum absolute atomic E-state index is 14.5. The number of hydrogen-bond acceptors (Lipinski definition) is 8. The van der Waals surface area contributed by atoms with Gasteiger partial charge in [0.15, 0.2) is 11.5 Å². The largest absolute Gasteiger partial charge is 0.486 e. The van der Waals surface area contributed by atoms with E-state index in [0.29, 0.717) is 30.2 Å². The Balaban J connectivity index is 1.52. The van der Waals surface area contributed by atoms with Crippen LogP contribution in [0.2, 0.25) is 0 Å². The van der Waals surface area contributed by atoms with Gasteiger partial charge in [0.2, 0.25) is 20.0 Å². The summed E-state index contributed by atoms with van der Waals surface area (Å²) in [6.45, 7) is -0.352. The second kappa shape index (κ2) is 9.09. The van der Waals surface area contributed by atoms with E-state index in [1.165, 1.54) is 18.2 Å². The first-order valence-electron chi connectivity index (χ1n) is 10.0. The zero-order valence-corrected chi connectivity index (χ0v) is 19.5. The maximum Gasteiger partial charge on any atom is 0.340 e. The van der Waals surface area contributed by atoms with Gasteiger partial charge in [-0.1, -0.05) is 0 Å². The van der Waals surface area contributed by atoms with Gasteiger partial charge in [0.05, 0.1) is 17.6 Å². The third-order valence-electron chi connectivity index (χ3n) is 5.39. The van der Waals surface area contributed by atoms with Crippen molar-refractivity contribution in [1.29, 1.82) is 0 Å². The number of ether oxygens (including phenoxy) is 3. The predicted octanol–water partition coefficient (Wildman–Crippen LogP) is 1.22. The summed E-state index contributed by atoms with van der Waals surface area (Å²) in [6.07, 6.45) is 0. The first-order valence-corrected chi connectivity index (χ1v) is 12.9. The molecule has 0 spiro atoms. The van der Waals surface area contributed by atoms with E-state index in [4.69, 9.17) is 9.47 Å². The van der Waals surface area contributed by atoms with E-state index in [1.54, 1.807) is 0 Å². The molecule has 184 valence electrons. The third-order valence-corrected chi connectivity index (χ3v) is 9.20. The van der Waals surface area contributed by atoms with E-state index >= 15 is 0 Å². The zero-order valence-electron chi connectivity index (χ0n) is 17.9. The summed E-state index contributed by atoms with van der Waals surface area (Å²) in [5, 5.41) is 0. The molecule has 10 nitrogen and oxygen atoms in total. The summed E-state index contributed by atoms with van der Waals surface area (Å²) in [6, 6.07) is 5.06. The summed E-state index contributed by atoms with van der Waals surface area (Å²) < 4.78 is 97.7. The fraction of sp³-hybridized carbons (Fsp3) is 0.350. The van der Waals surface area contributed by atoms with Crippen LogP contribution >= 0.6 is 0 Å². The van der Waals surface area contributed by atoms with Gasteiger partial charge in [0, 0.05) is 32.2 Å². The molecule has 2 heterocycles. The third kappa shape index (κ3) is 4.33. The van der Waals surface area contributed by atoms with Gasteiger partial charge in [-0.05, 0) is 24.3 Å². The molecule has 2 aliphatic rings. The Hall–Kier alpha value is -2.81. The minimum absolute atomic E-state index is 0.0421. The van der Waals surface area contributed by atoms with Crippen LogP contribution in [0.3, 0.4) is 0 Å². The number of esters is 1. The number of benzene rings is 2. The van der Waals surface area contributed by atoms with Crippen molar-refractivity contribution in [3.8, 4) is 11.5 Å². The first-order chi connectivity index (χ1) is 16.1. The highest BCUT2D eigenvalue weighted by molar-refractivity contribution is 7.89. The molecule has 0 bridgehead atoms. The van der Waals surface area contributed by atoms with Crippen molar-refractivity contribution in [2.24, 2.45) is 0 Å². The maximum atomic E-state index is 14.5. The molecule has 0 saturated carbocycles. The Morgan fingerprint density at radius 2 is 1.44 bits per heavy atom. The van der Waals surface area contributed by atoms with E-state index in [1.807, 2.05) is 0 Å². The first kappa shape index (κ1) is 24.3. The van der Waals surface area contributed by atoms with Crippen LogP contribution in [0.5, 0.6) is 11.5 Å². The molecule has 34 heavy (non-hydrogen) atoms. The Morgan fingerprint density at radius 1 is 0.853 bits per heavy atom. The molecule has 0 atom stereocenters. The van der Waals surface area contributed by atoms with Crippen molar-refractivity contribution in [2.45, 2.75) is 9.79 Å². The molecule has 14 heteroatoms. The number of carbonyl (C=O) groups excluding carboxylic acids is 1. The number of hydrogen-bond donors (Lipinski definition) is 0. The molecule has 0 radical (unpaired) electrons. The summed E-state index contributed by atoms with van der Waals surface area (Å²) in [5.41, 5.74) is -0.741. The minimum atomic E-state index is -4.50. The summed E-state index contributed by atoms with van der Waals surface area (Å²) in [4.78, 5) is 10.5. The number of fused-ring (bicyclic) bond motifs is 1. The molecular weight excluding hydrogens is 498 g/mol. The number of carbonyl (C=O) groups is 1. The van der Waals surface area contributed by atoms with E-state index in [0.717, 1.165) is 15.7 Å². The van der Waals surface area contributed by atoms with Gasteiger partial charge in [-0.15, -0.1) is 0 Å². The van der Waals surface area contributed by atoms with Crippen molar-refractivity contribution in [1.82, 2.24) is 8.61 Å². The average Bonchev–Trinajstić information content (AvgIpc) is 2.84. The highest BCUT2D eigenvalue weighted by Gasteiger charge is 2.36. The van der Waals surface area contributed by atoms with E-state index in [9.17, 15) is 30.4 Å². The highest BCUT2D eigenvalue weighted by atomic mass is 32.2. The molecule has 0 aromatic heterocycles. The van der Waals surface area contributed by atoms with Gasteiger partial charge in [-0.25, -0.2) is 30.4 Å². The van der Waals surface area contributed by atoms with Crippen LogP contribution in [-0.4, -0.2) is 77.9 Å². The van der Waals surface area contributed by atoms with Crippen molar-refractivity contribution in [3.63, 3.8) is 0 Å². The molecular formula is C20H20F2N2O8S2. The smallest absolute Gasteiger partial charge is 0.340 e. The topological polar surface area (TPSA) is 120 Å². The van der Waals surface area contributed by atoms with Gasteiger partial charge >= 0.3 is 5.97 Å². The summed E-state index contributed by atoms with van der Waals surface area (Å²) in [5.74, 6) is -3.02. The van der Waals surface area contributed by atoms with E-state index in [2.05, 4.69) is 4.74 Å². The number of nitrogens with zero attached hydrogens (tertiary/aromatic N) is 2. The SMILES string of the molecule is COC(=O)c1cc(F)c(S(=O)(=O)N2CCN(S(=O)(=O)c3ccc4c(c3)OCCO4)CC2)cc1F. The molecule has 2 aliphatic heterocycles. The van der Waals surface area contributed by atoms with Gasteiger partial charge in [-0.2, -0.15) is 8.61 Å². The van der Waals surface area contributed by atoms with Gasteiger partial charge in [0.25, 0.3) is 0 Å². The van der Waals surface area contributed by atoms with Crippen LogP contribution in [0, 0.1) is 11.6 Å². The van der Waals surface area contributed by atoms with Crippen LogP contribution in [-0.2, 0) is 24.8 Å². The van der Waals surface area contributed by atoms with Crippen LogP contribution in [0.4, 0.5) is 8.78 Å². The second-order valence-corrected chi connectivity index (χ2v) is 11.2. The van der Waals surface area contributed by atoms with Gasteiger partial charge in [0.1, 0.15) is 29.7 Å². The molecule has 0 N–H and O–H groups in total. The Morgan fingerprint density at radius 3 is 2.06 bits per heavy atom. The van der Waals surface area contributed by atoms with Gasteiger partial charge in [-0.3, -0.25) is 0 Å². The molecule has 0 aliphatic carbocycles. The Labute approximate surface area is 194 Å². The number of piperazine rings is 1. The number of methoxy groups -OCH3 is 1. The molecule has 1 saturated heterocycles. The molecule has 1 fully saturated rings. The summed E-state index contributed by atoms with van der Waals surface area (Å²) in [7, 11) is -7.50. The molecule has 0 unspecified atom stereocenters. The molecule has 2 aromatic carbocycles. The average molecular weight is 519 g/mol. The molecule has 0 amide bonds. The van der Waals surface area contributed by atoms with Crippen molar-refractivity contribution in [2.75, 3.05) is 46.5 Å². The number of halogens is 2. The van der Waals surface area contributed by atoms with Crippen LogP contribution < -0.4 is 9.47 Å². The minimum Gasteiger partial charge on any atom is -0.486 e. The van der Waals surface area contributed by atoms with E-state index in [-0.39, 0.29) is 37.7 Å². The van der Waals surface area contributed by atoms with Crippen molar-refractivity contribution >= 4 is 26.0 Å². The second-order valence-electron chi connectivity index (χ2n) is 7.37. The lowest BCUT2D eigenvalue weighted by Gasteiger charge is -2.33. The molecule has 2 aromatic rings. The standard InChI is InChI=1S/C20H20F2N2O8S2/c1-30-20(25)14-11-16(22)19(12-15(14)21)34(28,29)24-6-4-23(5-7-24)33(26,27)13-2-3-17-18(10-13)32-9-8-31-17/h2-3,10-12H,4-9H2,1H3. The van der Waals surface area contributed by atoms with Crippen LogP contribution in [0.1, 0.15) is 10.4 Å². The summed E-state index contributed by atoms with van der Waals surface area (Å²) >= 11 is 0. The molecule has 4 rings (SSSR count). The normalized spacial score (nSPS) is 17.4. The van der Waals surface area contributed by atoms with Crippen molar-refractivity contribution in [3.05, 3.63) is 47.5 Å². The Bertz CT molecular complexity index is 1340. The monoisotopic (exact) mass is 518 g/mol. The quantitative estimate of drug-likeness (QED) is 0.542. The van der Waals surface area contributed by atoms with Crippen LogP contribution in [0.25, 0.3) is 0 Å². The fourth-order valence-electron chi connectivity index (χ4n) is 3.62.